The van der Waals surface area contributed by atoms with Crippen molar-refractivity contribution in [1.29, 1.82) is 0 Å². The maximum Gasteiger partial charge on any atom is 0.244 e. The summed E-state index contributed by atoms with van der Waals surface area (Å²) in [6.07, 6.45) is 1.43. The molecule has 3 rings (SSSR count). The number of carbonyl (C=O) groups is 2. The number of anilines is 1. The van der Waals surface area contributed by atoms with Crippen LogP contribution in [-0.2, 0) is 26.2 Å². The van der Waals surface area contributed by atoms with Crippen LogP contribution in [0.5, 0.6) is 11.5 Å². The molecule has 3 aromatic rings. The first kappa shape index (κ1) is 27.7. The minimum atomic E-state index is -3.81. The first-order valence-corrected chi connectivity index (χ1v) is 13.8. The Labute approximate surface area is 218 Å². The molecule has 0 aliphatic rings. The molecule has 0 aromatic heterocycles. The van der Waals surface area contributed by atoms with Crippen LogP contribution in [0.3, 0.4) is 0 Å². The topological polar surface area (TPSA) is 96.0 Å². The van der Waals surface area contributed by atoms with E-state index in [1.54, 1.807) is 24.3 Å². The Balaban J connectivity index is 1.87. The molecule has 0 spiro atoms. The molecule has 1 atom stereocenters. The number of hydrogen-bond donors (Lipinski definition) is 1. The lowest BCUT2D eigenvalue weighted by molar-refractivity contribution is -0.140. The van der Waals surface area contributed by atoms with E-state index in [0.29, 0.717) is 23.6 Å². The highest BCUT2D eigenvalue weighted by atomic mass is 32.2. The highest BCUT2D eigenvalue weighted by molar-refractivity contribution is 7.92. The van der Waals surface area contributed by atoms with Crippen molar-refractivity contribution in [2.45, 2.75) is 32.9 Å². The summed E-state index contributed by atoms with van der Waals surface area (Å²) in [5.74, 6) is 0.390. The number of hydrogen-bond acceptors (Lipinski definition) is 5. The summed E-state index contributed by atoms with van der Waals surface area (Å²) in [6.45, 7) is 3.50. The van der Waals surface area contributed by atoms with E-state index in [1.165, 1.54) is 11.9 Å². The van der Waals surface area contributed by atoms with Crippen LogP contribution in [-0.4, -0.2) is 51.0 Å². The number of benzene rings is 3. The van der Waals surface area contributed by atoms with Gasteiger partial charge in [-0.25, -0.2) is 8.42 Å². The first-order valence-electron chi connectivity index (χ1n) is 12.0. The van der Waals surface area contributed by atoms with Gasteiger partial charge in [-0.15, -0.1) is 0 Å². The number of nitrogens with one attached hydrogen (secondary N) is 1. The van der Waals surface area contributed by atoms with Gasteiger partial charge in [0.1, 0.15) is 24.1 Å². The molecule has 0 bridgehead atoms. The lowest BCUT2D eigenvalue weighted by Gasteiger charge is -2.32. The van der Waals surface area contributed by atoms with Crippen molar-refractivity contribution in [1.82, 2.24) is 10.2 Å². The fourth-order valence-electron chi connectivity index (χ4n) is 3.90. The van der Waals surface area contributed by atoms with Crippen LogP contribution in [0, 0.1) is 6.92 Å². The van der Waals surface area contributed by atoms with Crippen molar-refractivity contribution in [3.63, 3.8) is 0 Å². The van der Waals surface area contributed by atoms with Gasteiger partial charge in [0.2, 0.25) is 21.8 Å². The number of sulfonamides is 1. The standard InChI is InChI=1S/C28H33N3O5S/c1-5-26(28(33)29-3)30(19-22-13-11-21(2)12-14-22)27(32)20-31(37(4,34)35)23-15-17-25(18-16-23)36-24-9-7-6-8-10-24/h6-18,26H,5,19-20H2,1-4H3,(H,29,33). The molecule has 0 heterocycles. The molecule has 2 amide bonds. The Kier molecular flexibility index (Phi) is 9.30. The summed E-state index contributed by atoms with van der Waals surface area (Å²) < 4.78 is 32.3. The van der Waals surface area contributed by atoms with Gasteiger partial charge in [-0.2, -0.15) is 0 Å². The number of ether oxygens (including phenoxy) is 1. The zero-order chi connectivity index (χ0) is 27.0. The number of rotatable bonds is 11. The quantitative estimate of drug-likeness (QED) is 0.408. The van der Waals surface area contributed by atoms with E-state index in [0.717, 1.165) is 21.7 Å². The molecule has 196 valence electrons. The fourth-order valence-corrected chi connectivity index (χ4v) is 4.74. The zero-order valence-electron chi connectivity index (χ0n) is 21.5. The summed E-state index contributed by atoms with van der Waals surface area (Å²) >= 11 is 0. The Morgan fingerprint density at radius 2 is 1.51 bits per heavy atom. The maximum absolute atomic E-state index is 13.6. The molecule has 0 radical (unpaired) electrons. The van der Waals surface area contributed by atoms with E-state index in [-0.39, 0.29) is 12.5 Å². The summed E-state index contributed by atoms with van der Waals surface area (Å²) in [5, 5.41) is 2.61. The Hall–Kier alpha value is -3.85. The number of para-hydroxylation sites is 1. The van der Waals surface area contributed by atoms with Crippen molar-refractivity contribution in [3.05, 3.63) is 90.0 Å². The minimum absolute atomic E-state index is 0.173. The van der Waals surface area contributed by atoms with Crippen LogP contribution in [0.25, 0.3) is 0 Å². The molecule has 1 N–H and O–H groups in total. The molecule has 1 unspecified atom stereocenters. The van der Waals surface area contributed by atoms with Crippen LogP contribution in [0.2, 0.25) is 0 Å². The van der Waals surface area contributed by atoms with Gasteiger partial charge >= 0.3 is 0 Å². The van der Waals surface area contributed by atoms with Gasteiger partial charge in [0, 0.05) is 13.6 Å². The SMILES string of the molecule is CCC(C(=O)NC)N(Cc1ccc(C)cc1)C(=O)CN(c1ccc(Oc2ccccc2)cc1)S(C)(=O)=O. The van der Waals surface area contributed by atoms with Crippen molar-refractivity contribution < 1.29 is 22.7 Å². The van der Waals surface area contributed by atoms with Crippen molar-refractivity contribution in [2.24, 2.45) is 0 Å². The molecule has 0 aliphatic carbocycles. The second-order valence-electron chi connectivity index (χ2n) is 8.72. The Morgan fingerprint density at radius 1 is 0.919 bits per heavy atom. The van der Waals surface area contributed by atoms with E-state index >= 15 is 0 Å². The minimum Gasteiger partial charge on any atom is -0.457 e. The molecule has 37 heavy (non-hydrogen) atoms. The zero-order valence-corrected chi connectivity index (χ0v) is 22.4. The van der Waals surface area contributed by atoms with E-state index in [2.05, 4.69) is 5.32 Å². The third-order valence-electron chi connectivity index (χ3n) is 5.89. The second-order valence-corrected chi connectivity index (χ2v) is 10.6. The summed E-state index contributed by atoms with van der Waals surface area (Å²) in [5.41, 5.74) is 2.23. The highest BCUT2D eigenvalue weighted by Gasteiger charge is 2.31. The van der Waals surface area contributed by atoms with E-state index in [4.69, 9.17) is 4.74 Å². The molecule has 0 fully saturated rings. The van der Waals surface area contributed by atoms with Gasteiger partial charge in [-0.05, 0) is 55.3 Å². The van der Waals surface area contributed by atoms with Gasteiger partial charge < -0.3 is 15.0 Å². The predicted molar refractivity (Wildman–Crippen MR) is 145 cm³/mol. The van der Waals surface area contributed by atoms with E-state index in [1.807, 2.05) is 68.4 Å². The van der Waals surface area contributed by atoms with Crippen LogP contribution < -0.4 is 14.4 Å². The number of carbonyl (C=O) groups excluding carboxylic acids is 2. The van der Waals surface area contributed by atoms with Crippen molar-refractivity contribution >= 4 is 27.5 Å². The molecule has 3 aromatic carbocycles. The molecule has 0 aliphatic heterocycles. The largest absolute Gasteiger partial charge is 0.457 e. The molecule has 0 saturated heterocycles. The summed E-state index contributed by atoms with van der Waals surface area (Å²) in [6, 6.07) is 22.6. The summed E-state index contributed by atoms with van der Waals surface area (Å²) in [4.78, 5) is 27.7. The average Bonchev–Trinajstić information content (AvgIpc) is 2.88. The van der Waals surface area contributed by atoms with Gasteiger partial charge in [0.15, 0.2) is 0 Å². The molecular weight excluding hydrogens is 490 g/mol. The van der Waals surface area contributed by atoms with Crippen molar-refractivity contribution in [3.8, 4) is 11.5 Å². The van der Waals surface area contributed by atoms with Gasteiger partial charge in [-0.3, -0.25) is 13.9 Å². The van der Waals surface area contributed by atoms with Gasteiger partial charge in [0.25, 0.3) is 0 Å². The molecule has 9 heteroatoms. The van der Waals surface area contributed by atoms with Crippen LogP contribution >= 0.6 is 0 Å². The fraction of sp³-hybridized carbons (Fsp3) is 0.286. The average molecular weight is 524 g/mol. The lowest BCUT2D eigenvalue weighted by atomic mass is 10.1. The third kappa shape index (κ3) is 7.57. The number of aryl methyl sites for hydroxylation is 1. The third-order valence-corrected chi connectivity index (χ3v) is 7.03. The normalized spacial score (nSPS) is 11.9. The van der Waals surface area contributed by atoms with Gasteiger partial charge in [-0.1, -0.05) is 55.0 Å². The predicted octanol–water partition coefficient (Wildman–Crippen LogP) is 4.11. The summed E-state index contributed by atoms with van der Waals surface area (Å²) in [7, 11) is -2.30. The monoisotopic (exact) mass is 523 g/mol. The molecule has 8 nitrogen and oxygen atoms in total. The van der Waals surface area contributed by atoms with E-state index in [9.17, 15) is 18.0 Å². The van der Waals surface area contributed by atoms with E-state index < -0.39 is 28.5 Å². The van der Waals surface area contributed by atoms with Crippen LogP contribution in [0.1, 0.15) is 24.5 Å². The number of nitrogens with zero attached hydrogens (tertiary/aromatic N) is 2. The maximum atomic E-state index is 13.6. The molecule has 0 saturated carbocycles. The second kappa shape index (κ2) is 12.4. The van der Waals surface area contributed by atoms with Crippen LogP contribution in [0.15, 0.2) is 78.9 Å². The van der Waals surface area contributed by atoms with Crippen LogP contribution in [0.4, 0.5) is 5.69 Å². The molecular formula is C28H33N3O5S. The Morgan fingerprint density at radius 3 is 2.05 bits per heavy atom. The van der Waals surface area contributed by atoms with Gasteiger partial charge in [0.05, 0.1) is 11.9 Å². The smallest absolute Gasteiger partial charge is 0.244 e. The number of amides is 2. The first-order chi connectivity index (χ1) is 17.6. The highest BCUT2D eigenvalue weighted by Crippen LogP contribution is 2.26. The van der Waals surface area contributed by atoms with Crippen molar-refractivity contribution in [2.75, 3.05) is 24.2 Å². The Bertz CT molecular complexity index is 1290. The lowest BCUT2D eigenvalue weighted by Crippen LogP contribution is -2.51. The number of likely N-dealkylation sites (N-methyl/N-ethyl adjacent to an activating group) is 1.